The molecule has 0 aliphatic heterocycles. The molecule has 0 fully saturated rings. The van der Waals surface area contributed by atoms with Crippen molar-refractivity contribution in [3.63, 3.8) is 0 Å². The Morgan fingerprint density at radius 1 is 1.28 bits per heavy atom. The first kappa shape index (κ1) is 14.5. The van der Waals surface area contributed by atoms with Gasteiger partial charge in [0.25, 0.3) is 0 Å². The summed E-state index contributed by atoms with van der Waals surface area (Å²) in [7, 11) is 2.01. The fraction of sp³-hybridized carbons (Fsp3) is 0.500. The zero-order valence-corrected chi connectivity index (χ0v) is 10.8. The molecule has 0 aromatic heterocycles. The smallest absolute Gasteiger partial charge is 0.119 e. The third-order valence-corrected chi connectivity index (χ3v) is 2.65. The normalized spacial score (nSPS) is 10.3. The number of hydrogen-bond acceptors (Lipinski definition) is 4. The minimum Gasteiger partial charge on any atom is -0.492 e. The summed E-state index contributed by atoms with van der Waals surface area (Å²) in [4.78, 5) is 2.13. The molecule has 0 saturated heterocycles. The van der Waals surface area contributed by atoms with Crippen LogP contribution in [0, 0.1) is 11.3 Å². The quantitative estimate of drug-likeness (QED) is 0.756. The predicted molar refractivity (Wildman–Crippen MR) is 70.5 cm³/mol. The van der Waals surface area contributed by atoms with E-state index in [1.54, 1.807) is 0 Å². The van der Waals surface area contributed by atoms with E-state index in [0.29, 0.717) is 13.0 Å². The summed E-state index contributed by atoms with van der Waals surface area (Å²) in [6.07, 6.45) is 1.23. The van der Waals surface area contributed by atoms with Crippen LogP contribution in [-0.2, 0) is 6.42 Å². The van der Waals surface area contributed by atoms with Crippen molar-refractivity contribution in [2.24, 2.45) is 0 Å². The van der Waals surface area contributed by atoms with Gasteiger partial charge in [0, 0.05) is 19.7 Å². The average Bonchev–Trinajstić information content (AvgIpc) is 2.39. The highest BCUT2D eigenvalue weighted by atomic mass is 16.5. The van der Waals surface area contributed by atoms with Crippen LogP contribution < -0.4 is 4.74 Å². The zero-order chi connectivity index (χ0) is 13.2. The molecule has 0 heterocycles. The maximum atomic E-state index is 8.71. The molecule has 0 amide bonds. The Morgan fingerprint density at radius 2 is 2.00 bits per heavy atom. The van der Waals surface area contributed by atoms with Gasteiger partial charge in [-0.2, -0.15) is 5.26 Å². The molecule has 0 unspecified atom stereocenters. The van der Waals surface area contributed by atoms with Crippen molar-refractivity contribution in [2.75, 3.05) is 33.4 Å². The van der Waals surface area contributed by atoms with E-state index in [4.69, 9.17) is 15.1 Å². The summed E-state index contributed by atoms with van der Waals surface area (Å²) >= 11 is 0. The van der Waals surface area contributed by atoms with Crippen LogP contribution in [0.15, 0.2) is 24.3 Å². The highest BCUT2D eigenvalue weighted by Crippen LogP contribution is 2.12. The first-order valence-corrected chi connectivity index (χ1v) is 6.14. The summed E-state index contributed by atoms with van der Waals surface area (Å²) in [6.45, 7) is 2.56. The average molecular weight is 248 g/mol. The van der Waals surface area contributed by atoms with E-state index in [0.717, 1.165) is 30.8 Å². The van der Waals surface area contributed by atoms with Crippen molar-refractivity contribution in [1.82, 2.24) is 4.90 Å². The van der Waals surface area contributed by atoms with Crippen molar-refractivity contribution in [3.05, 3.63) is 29.8 Å². The molecule has 0 radical (unpaired) electrons. The van der Waals surface area contributed by atoms with Crippen LogP contribution >= 0.6 is 0 Å². The van der Waals surface area contributed by atoms with E-state index in [1.807, 2.05) is 31.3 Å². The van der Waals surface area contributed by atoms with Crippen molar-refractivity contribution in [3.8, 4) is 11.8 Å². The lowest BCUT2D eigenvalue weighted by molar-refractivity contribution is 0.213. The first-order valence-electron chi connectivity index (χ1n) is 6.14. The highest BCUT2D eigenvalue weighted by molar-refractivity contribution is 5.28. The molecule has 4 heteroatoms. The molecule has 0 spiro atoms. The van der Waals surface area contributed by atoms with Gasteiger partial charge in [0.15, 0.2) is 0 Å². The minimum absolute atomic E-state index is 0.228. The van der Waals surface area contributed by atoms with Gasteiger partial charge in [-0.15, -0.1) is 0 Å². The number of aliphatic hydroxyl groups is 1. The molecule has 1 aromatic carbocycles. The van der Waals surface area contributed by atoms with Crippen LogP contribution in [0.1, 0.15) is 12.0 Å². The van der Waals surface area contributed by atoms with Gasteiger partial charge >= 0.3 is 0 Å². The number of nitriles is 1. The Bertz CT molecular complexity index is 370. The van der Waals surface area contributed by atoms with E-state index >= 15 is 0 Å². The summed E-state index contributed by atoms with van der Waals surface area (Å²) in [5.74, 6) is 0.826. The molecule has 98 valence electrons. The van der Waals surface area contributed by atoms with Crippen LogP contribution in [0.3, 0.4) is 0 Å². The highest BCUT2D eigenvalue weighted by Gasteiger charge is 1.99. The molecule has 0 bridgehead atoms. The SMILES string of the molecule is CN(CCCO)CCOc1ccc(CC#N)cc1. The van der Waals surface area contributed by atoms with Crippen LogP contribution in [0.5, 0.6) is 5.75 Å². The molecule has 0 aliphatic carbocycles. The summed E-state index contributed by atoms with van der Waals surface area (Å²) in [6, 6.07) is 9.71. The van der Waals surface area contributed by atoms with Crippen LogP contribution in [0.2, 0.25) is 0 Å². The van der Waals surface area contributed by atoms with E-state index in [1.165, 1.54) is 0 Å². The van der Waals surface area contributed by atoms with Gasteiger partial charge in [-0.1, -0.05) is 12.1 Å². The summed E-state index contributed by atoms with van der Waals surface area (Å²) in [5, 5.41) is 17.3. The summed E-state index contributed by atoms with van der Waals surface area (Å²) < 4.78 is 5.60. The predicted octanol–water partition coefficient (Wildman–Crippen LogP) is 1.45. The third-order valence-electron chi connectivity index (χ3n) is 2.65. The number of rotatable bonds is 8. The largest absolute Gasteiger partial charge is 0.492 e. The summed E-state index contributed by atoms with van der Waals surface area (Å²) in [5.41, 5.74) is 1.00. The minimum atomic E-state index is 0.228. The monoisotopic (exact) mass is 248 g/mol. The Morgan fingerprint density at radius 3 is 2.61 bits per heavy atom. The Balaban J connectivity index is 2.25. The van der Waals surface area contributed by atoms with E-state index in [2.05, 4.69) is 11.0 Å². The van der Waals surface area contributed by atoms with Gasteiger partial charge in [-0.05, 0) is 31.2 Å². The number of hydrogen-bond donors (Lipinski definition) is 1. The lowest BCUT2D eigenvalue weighted by Crippen LogP contribution is -2.25. The molecule has 0 aliphatic rings. The molecule has 4 nitrogen and oxygen atoms in total. The van der Waals surface area contributed by atoms with E-state index < -0.39 is 0 Å². The number of ether oxygens (including phenoxy) is 1. The number of likely N-dealkylation sites (N-methyl/N-ethyl adjacent to an activating group) is 1. The maximum Gasteiger partial charge on any atom is 0.119 e. The molecular weight excluding hydrogens is 228 g/mol. The first-order chi connectivity index (χ1) is 8.76. The van der Waals surface area contributed by atoms with E-state index in [9.17, 15) is 0 Å². The van der Waals surface area contributed by atoms with Crippen molar-refractivity contribution < 1.29 is 9.84 Å². The van der Waals surface area contributed by atoms with Gasteiger partial charge in [0.2, 0.25) is 0 Å². The second-order valence-electron chi connectivity index (χ2n) is 4.21. The fourth-order valence-electron chi connectivity index (χ4n) is 1.57. The number of nitrogens with zero attached hydrogens (tertiary/aromatic N) is 2. The zero-order valence-electron chi connectivity index (χ0n) is 10.8. The Labute approximate surface area is 108 Å². The molecule has 1 N–H and O–H groups in total. The molecule has 1 rings (SSSR count). The maximum absolute atomic E-state index is 8.71. The van der Waals surface area contributed by atoms with Crippen molar-refractivity contribution >= 4 is 0 Å². The topological polar surface area (TPSA) is 56.5 Å². The van der Waals surface area contributed by atoms with Crippen LogP contribution in [0.4, 0.5) is 0 Å². The number of aliphatic hydroxyl groups excluding tert-OH is 1. The lowest BCUT2D eigenvalue weighted by atomic mass is 10.2. The van der Waals surface area contributed by atoms with Crippen LogP contribution in [0.25, 0.3) is 0 Å². The van der Waals surface area contributed by atoms with Gasteiger partial charge in [-0.25, -0.2) is 0 Å². The van der Waals surface area contributed by atoms with Gasteiger partial charge in [0.1, 0.15) is 12.4 Å². The van der Waals surface area contributed by atoms with Crippen LogP contribution in [-0.4, -0.2) is 43.4 Å². The molecule has 0 saturated carbocycles. The van der Waals surface area contributed by atoms with Crippen molar-refractivity contribution in [2.45, 2.75) is 12.8 Å². The van der Waals surface area contributed by atoms with Gasteiger partial charge < -0.3 is 14.7 Å². The van der Waals surface area contributed by atoms with Gasteiger partial charge in [-0.3, -0.25) is 0 Å². The Kier molecular flexibility index (Phi) is 6.85. The molecular formula is C14H20N2O2. The lowest BCUT2D eigenvalue weighted by Gasteiger charge is -2.16. The number of benzene rings is 1. The van der Waals surface area contributed by atoms with E-state index in [-0.39, 0.29) is 6.61 Å². The molecule has 0 atom stereocenters. The van der Waals surface area contributed by atoms with Gasteiger partial charge in [0.05, 0.1) is 12.5 Å². The second-order valence-corrected chi connectivity index (χ2v) is 4.21. The Hall–Kier alpha value is -1.57. The molecule has 1 aromatic rings. The third kappa shape index (κ3) is 5.67. The standard InChI is InChI=1S/C14H20N2O2/c1-16(9-2-11-17)10-12-18-14-5-3-13(4-6-14)7-8-15/h3-6,17H,2,7,9-12H2,1H3. The van der Waals surface area contributed by atoms with Crippen molar-refractivity contribution in [1.29, 1.82) is 5.26 Å². The fourth-order valence-corrected chi connectivity index (χ4v) is 1.57. The second kappa shape index (κ2) is 8.51. The molecule has 18 heavy (non-hydrogen) atoms.